The van der Waals surface area contributed by atoms with Crippen molar-refractivity contribution in [3.05, 3.63) is 130 Å². The Labute approximate surface area is 235 Å². The van der Waals surface area contributed by atoms with Gasteiger partial charge in [-0.3, -0.25) is 9.10 Å². The number of likely N-dealkylation sites (tertiary alicyclic amines) is 1. The van der Waals surface area contributed by atoms with E-state index in [9.17, 15) is 13.2 Å². The molecule has 1 unspecified atom stereocenters. The third-order valence-electron chi connectivity index (χ3n) is 7.23. The molecule has 0 bridgehead atoms. The Bertz CT molecular complexity index is 1520. The number of carbonyl (C=O) groups is 1. The maximum absolute atomic E-state index is 13.7. The van der Waals surface area contributed by atoms with Gasteiger partial charge in [-0.1, -0.05) is 71.8 Å². The fourth-order valence-corrected chi connectivity index (χ4v) is 6.62. The molecule has 5 rings (SSSR count). The first-order valence-electron chi connectivity index (χ1n) is 13.1. The van der Waals surface area contributed by atoms with Gasteiger partial charge in [-0.2, -0.15) is 0 Å². The summed E-state index contributed by atoms with van der Waals surface area (Å²) in [6.45, 7) is 3.60. The molecule has 200 valence electrons. The summed E-state index contributed by atoms with van der Waals surface area (Å²) in [6.07, 6.45) is 2.01. The summed E-state index contributed by atoms with van der Waals surface area (Å²) in [5.41, 5.74) is 4.32. The molecule has 1 atom stereocenters. The Morgan fingerprint density at radius 1 is 0.897 bits per heavy atom. The van der Waals surface area contributed by atoms with E-state index in [1.807, 2.05) is 17.0 Å². The standard InChI is InChI=1S/C32H31ClN2O3S/c1-24-9-13-26(14-10-24)28-6-5-21-34(23-28)32(36)27-15-19-30(20-16-27)35(22-25-11-17-29(33)18-12-25)39(37,38)31-7-3-2-4-8-31/h2-4,7-20,28H,5-6,21-23H2,1H3. The zero-order chi connectivity index (χ0) is 27.4. The van der Waals surface area contributed by atoms with E-state index < -0.39 is 10.0 Å². The Morgan fingerprint density at radius 2 is 1.56 bits per heavy atom. The van der Waals surface area contributed by atoms with Gasteiger partial charge in [0.15, 0.2) is 0 Å². The number of aryl methyl sites for hydroxylation is 1. The average molecular weight is 559 g/mol. The lowest BCUT2D eigenvalue weighted by Crippen LogP contribution is -2.39. The number of amides is 1. The smallest absolute Gasteiger partial charge is 0.264 e. The van der Waals surface area contributed by atoms with E-state index in [1.165, 1.54) is 15.4 Å². The second-order valence-electron chi connectivity index (χ2n) is 10.00. The van der Waals surface area contributed by atoms with E-state index in [2.05, 4.69) is 31.2 Å². The SMILES string of the molecule is Cc1ccc(C2CCCN(C(=O)c3ccc(N(Cc4ccc(Cl)cc4)S(=O)(=O)c4ccccc4)cc3)C2)cc1. The molecule has 0 N–H and O–H groups in total. The van der Waals surface area contributed by atoms with Crippen LogP contribution in [0, 0.1) is 6.92 Å². The summed E-state index contributed by atoms with van der Waals surface area (Å²) in [5, 5.41) is 0.585. The van der Waals surface area contributed by atoms with Crippen molar-refractivity contribution < 1.29 is 13.2 Å². The van der Waals surface area contributed by atoms with Gasteiger partial charge in [-0.05, 0) is 79.4 Å². The molecule has 7 heteroatoms. The van der Waals surface area contributed by atoms with Crippen LogP contribution in [-0.4, -0.2) is 32.3 Å². The number of benzene rings is 4. The molecule has 5 nitrogen and oxygen atoms in total. The zero-order valence-corrected chi connectivity index (χ0v) is 23.4. The van der Waals surface area contributed by atoms with Crippen molar-refractivity contribution >= 4 is 33.2 Å². The highest BCUT2D eigenvalue weighted by Crippen LogP contribution is 2.30. The topological polar surface area (TPSA) is 57.7 Å². The minimum atomic E-state index is -3.85. The Balaban J connectivity index is 1.39. The third-order valence-corrected chi connectivity index (χ3v) is 9.27. The van der Waals surface area contributed by atoms with E-state index in [-0.39, 0.29) is 17.3 Å². The van der Waals surface area contributed by atoms with Crippen LogP contribution in [-0.2, 0) is 16.6 Å². The van der Waals surface area contributed by atoms with Crippen molar-refractivity contribution in [2.45, 2.75) is 37.1 Å². The molecular weight excluding hydrogens is 528 g/mol. The van der Waals surface area contributed by atoms with Crippen LogP contribution in [0.2, 0.25) is 5.02 Å². The predicted molar refractivity (Wildman–Crippen MR) is 157 cm³/mol. The van der Waals surface area contributed by atoms with Gasteiger partial charge < -0.3 is 4.90 Å². The molecular formula is C32H31ClN2O3S. The van der Waals surface area contributed by atoms with E-state index in [4.69, 9.17) is 11.6 Å². The molecule has 1 aliphatic heterocycles. The molecule has 4 aromatic rings. The molecule has 39 heavy (non-hydrogen) atoms. The first kappa shape index (κ1) is 27.0. The minimum absolute atomic E-state index is 0.0338. The van der Waals surface area contributed by atoms with Crippen LogP contribution in [0.5, 0.6) is 0 Å². The predicted octanol–water partition coefficient (Wildman–Crippen LogP) is 7.06. The Kier molecular flexibility index (Phi) is 8.05. The molecule has 0 radical (unpaired) electrons. The fourth-order valence-electron chi connectivity index (χ4n) is 5.02. The van der Waals surface area contributed by atoms with Gasteiger partial charge in [0.25, 0.3) is 15.9 Å². The lowest BCUT2D eigenvalue weighted by atomic mass is 9.90. The summed E-state index contributed by atoms with van der Waals surface area (Å²) >= 11 is 6.04. The highest BCUT2D eigenvalue weighted by atomic mass is 35.5. The van der Waals surface area contributed by atoms with Crippen molar-refractivity contribution in [2.75, 3.05) is 17.4 Å². The minimum Gasteiger partial charge on any atom is -0.338 e. The largest absolute Gasteiger partial charge is 0.338 e. The molecule has 1 amide bonds. The molecule has 0 aliphatic carbocycles. The van der Waals surface area contributed by atoms with Crippen LogP contribution in [0.4, 0.5) is 5.69 Å². The number of carbonyl (C=O) groups excluding carboxylic acids is 1. The van der Waals surface area contributed by atoms with Gasteiger partial charge in [0.1, 0.15) is 0 Å². The average Bonchev–Trinajstić information content (AvgIpc) is 2.97. The van der Waals surface area contributed by atoms with Crippen LogP contribution in [0.1, 0.15) is 45.8 Å². The lowest BCUT2D eigenvalue weighted by molar-refractivity contribution is 0.0707. The third kappa shape index (κ3) is 6.18. The summed E-state index contributed by atoms with van der Waals surface area (Å²) in [6, 6.07) is 30.9. The number of hydrogen-bond donors (Lipinski definition) is 0. The van der Waals surface area contributed by atoms with Crippen molar-refractivity contribution in [1.29, 1.82) is 0 Å². The summed E-state index contributed by atoms with van der Waals surface area (Å²) in [7, 11) is -3.85. The monoisotopic (exact) mass is 558 g/mol. The highest BCUT2D eigenvalue weighted by Gasteiger charge is 2.28. The van der Waals surface area contributed by atoms with Gasteiger partial charge in [-0.25, -0.2) is 8.42 Å². The quantitative estimate of drug-likeness (QED) is 0.244. The number of sulfonamides is 1. The fraction of sp³-hybridized carbons (Fsp3) is 0.219. The molecule has 1 heterocycles. The second kappa shape index (κ2) is 11.6. The Hall–Kier alpha value is -3.61. The van der Waals surface area contributed by atoms with Crippen molar-refractivity contribution in [3.8, 4) is 0 Å². The normalized spacial score (nSPS) is 15.6. The van der Waals surface area contributed by atoms with Crippen molar-refractivity contribution in [2.24, 2.45) is 0 Å². The summed E-state index contributed by atoms with van der Waals surface area (Å²) in [4.78, 5) is 15.5. The Morgan fingerprint density at radius 3 is 2.23 bits per heavy atom. The van der Waals surface area contributed by atoms with Crippen LogP contribution in [0.3, 0.4) is 0 Å². The van der Waals surface area contributed by atoms with E-state index in [0.717, 1.165) is 18.4 Å². The number of halogens is 1. The van der Waals surface area contributed by atoms with Gasteiger partial charge in [0, 0.05) is 29.6 Å². The number of nitrogens with zero attached hydrogens (tertiary/aromatic N) is 2. The van der Waals surface area contributed by atoms with Gasteiger partial charge in [0.05, 0.1) is 17.1 Å². The first-order valence-corrected chi connectivity index (χ1v) is 14.9. The van der Waals surface area contributed by atoms with Crippen molar-refractivity contribution in [1.82, 2.24) is 4.90 Å². The summed E-state index contributed by atoms with van der Waals surface area (Å²) < 4.78 is 28.7. The van der Waals surface area contributed by atoms with Gasteiger partial charge >= 0.3 is 0 Å². The van der Waals surface area contributed by atoms with Gasteiger partial charge in [-0.15, -0.1) is 0 Å². The van der Waals surface area contributed by atoms with Crippen LogP contribution in [0.25, 0.3) is 0 Å². The van der Waals surface area contributed by atoms with Crippen LogP contribution in [0.15, 0.2) is 108 Å². The van der Waals surface area contributed by atoms with Crippen LogP contribution >= 0.6 is 11.6 Å². The van der Waals surface area contributed by atoms with E-state index >= 15 is 0 Å². The lowest BCUT2D eigenvalue weighted by Gasteiger charge is -2.33. The maximum Gasteiger partial charge on any atom is 0.264 e. The molecule has 1 aliphatic rings. The van der Waals surface area contributed by atoms with Gasteiger partial charge in [0.2, 0.25) is 0 Å². The molecule has 4 aromatic carbocycles. The molecule has 1 saturated heterocycles. The number of hydrogen-bond acceptors (Lipinski definition) is 3. The van der Waals surface area contributed by atoms with E-state index in [1.54, 1.807) is 66.7 Å². The summed E-state index contributed by atoms with van der Waals surface area (Å²) in [5.74, 6) is 0.280. The number of anilines is 1. The first-order chi connectivity index (χ1) is 18.8. The zero-order valence-electron chi connectivity index (χ0n) is 21.8. The number of rotatable bonds is 7. The van der Waals surface area contributed by atoms with Crippen molar-refractivity contribution in [3.63, 3.8) is 0 Å². The van der Waals surface area contributed by atoms with E-state index in [0.29, 0.717) is 35.3 Å². The number of piperidine rings is 1. The highest BCUT2D eigenvalue weighted by molar-refractivity contribution is 7.92. The molecule has 0 saturated carbocycles. The maximum atomic E-state index is 13.7. The molecule has 0 aromatic heterocycles. The molecule has 0 spiro atoms. The second-order valence-corrected chi connectivity index (χ2v) is 12.3. The molecule has 1 fully saturated rings. The van der Waals surface area contributed by atoms with Crippen LogP contribution < -0.4 is 4.31 Å².